The van der Waals surface area contributed by atoms with Crippen LogP contribution in [-0.2, 0) is 14.6 Å². The Morgan fingerprint density at radius 1 is 1.03 bits per heavy atom. The molecule has 0 N–H and O–H groups in total. The topological polar surface area (TPSA) is 60.9 Å². The third-order valence-electron chi connectivity index (χ3n) is 5.23. The predicted molar refractivity (Wildman–Crippen MR) is 112 cm³/mol. The molecule has 0 aliphatic carbocycles. The molecule has 2 aromatic carbocycles. The second-order valence-corrected chi connectivity index (χ2v) is 9.23. The molecule has 1 aliphatic rings. The van der Waals surface area contributed by atoms with Gasteiger partial charge in [-0.3, -0.25) is 4.79 Å². The molecular formula is C21H25F2N3O3S. The number of hydrogen-bond acceptors (Lipinski definition) is 5. The van der Waals surface area contributed by atoms with E-state index in [9.17, 15) is 22.0 Å². The number of hydrogen-bond donors (Lipinski definition) is 0. The van der Waals surface area contributed by atoms with Gasteiger partial charge in [-0.2, -0.15) is 0 Å². The molecule has 9 heteroatoms. The van der Waals surface area contributed by atoms with Crippen molar-refractivity contribution in [3.8, 4) is 0 Å². The van der Waals surface area contributed by atoms with Gasteiger partial charge in [0.05, 0.1) is 15.5 Å². The largest absolute Gasteiger partial charge is 0.369 e. The number of piperazine rings is 1. The van der Waals surface area contributed by atoms with Crippen molar-refractivity contribution in [3.05, 3.63) is 48.0 Å². The number of anilines is 2. The van der Waals surface area contributed by atoms with Crippen molar-refractivity contribution in [2.24, 2.45) is 0 Å². The third-order valence-corrected chi connectivity index (χ3v) is 7.01. The molecule has 1 saturated heterocycles. The van der Waals surface area contributed by atoms with Gasteiger partial charge in [0, 0.05) is 51.4 Å². The summed E-state index contributed by atoms with van der Waals surface area (Å²) >= 11 is 0. The monoisotopic (exact) mass is 437 g/mol. The van der Waals surface area contributed by atoms with Gasteiger partial charge >= 0.3 is 0 Å². The molecule has 0 unspecified atom stereocenters. The lowest BCUT2D eigenvalue weighted by molar-refractivity contribution is -0.116. The highest BCUT2D eigenvalue weighted by atomic mass is 32.2. The van der Waals surface area contributed by atoms with Gasteiger partial charge < -0.3 is 14.7 Å². The van der Waals surface area contributed by atoms with E-state index in [4.69, 9.17) is 0 Å². The van der Waals surface area contributed by atoms with Crippen LogP contribution in [-0.4, -0.2) is 59.0 Å². The van der Waals surface area contributed by atoms with E-state index in [1.54, 1.807) is 19.1 Å². The first kappa shape index (κ1) is 22.2. The molecule has 0 saturated carbocycles. The Balaban J connectivity index is 2.14. The second kappa shape index (κ2) is 8.69. The van der Waals surface area contributed by atoms with Crippen LogP contribution in [0.15, 0.2) is 46.2 Å². The Bertz CT molecular complexity index is 1030. The lowest BCUT2D eigenvalue weighted by Crippen LogP contribution is -2.44. The molecule has 3 rings (SSSR count). The third kappa shape index (κ3) is 4.46. The minimum absolute atomic E-state index is 0.164. The molecule has 0 atom stereocenters. The zero-order chi connectivity index (χ0) is 22.1. The molecule has 1 aliphatic heterocycles. The van der Waals surface area contributed by atoms with Gasteiger partial charge in [0.1, 0.15) is 11.6 Å². The number of nitrogens with zero attached hydrogens (tertiary/aromatic N) is 3. The first-order valence-electron chi connectivity index (χ1n) is 9.70. The van der Waals surface area contributed by atoms with Crippen molar-refractivity contribution in [2.45, 2.75) is 23.6 Å². The molecular weight excluding hydrogens is 412 g/mol. The summed E-state index contributed by atoms with van der Waals surface area (Å²) in [4.78, 5) is 17.2. The Hall–Kier alpha value is -2.52. The first-order chi connectivity index (χ1) is 14.1. The van der Waals surface area contributed by atoms with E-state index in [1.807, 2.05) is 7.05 Å². The van der Waals surface area contributed by atoms with Crippen molar-refractivity contribution in [3.63, 3.8) is 0 Å². The number of halogens is 2. The maximum Gasteiger partial charge on any atom is 0.223 e. The highest BCUT2D eigenvalue weighted by molar-refractivity contribution is 7.91. The van der Waals surface area contributed by atoms with Crippen LogP contribution in [0.4, 0.5) is 20.2 Å². The lowest BCUT2D eigenvalue weighted by atomic mass is 10.2. The molecule has 1 heterocycles. The van der Waals surface area contributed by atoms with Crippen LogP contribution in [0.25, 0.3) is 0 Å². The second-order valence-electron chi connectivity index (χ2n) is 7.31. The van der Waals surface area contributed by atoms with Crippen LogP contribution in [0, 0.1) is 11.6 Å². The Kier molecular flexibility index (Phi) is 6.42. The van der Waals surface area contributed by atoms with E-state index in [-0.39, 0.29) is 23.0 Å². The van der Waals surface area contributed by atoms with Crippen molar-refractivity contribution < 1.29 is 22.0 Å². The molecule has 1 amide bonds. The van der Waals surface area contributed by atoms with E-state index in [0.29, 0.717) is 6.07 Å². The number of rotatable bonds is 5. The van der Waals surface area contributed by atoms with Crippen molar-refractivity contribution in [2.75, 3.05) is 49.6 Å². The van der Waals surface area contributed by atoms with Gasteiger partial charge in [0.25, 0.3) is 0 Å². The van der Waals surface area contributed by atoms with Crippen LogP contribution in [0.2, 0.25) is 0 Å². The first-order valence-corrected chi connectivity index (χ1v) is 11.2. The van der Waals surface area contributed by atoms with Crippen molar-refractivity contribution >= 4 is 27.1 Å². The molecule has 0 bridgehead atoms. The number of sulfone groups is 1. The predicted octanol–water partition coefficient (Wildman–Crippen LogP) is 2.92. The fourth-order valence-electron chi connectivity index (χ4n) is 3.58. The average molecular weight is 438 g/mol. The summed E-state index contributed by atoms with van der Waals surface area (Å²) in [6, 6.07) is 6.92. The van der Waals surface area contributed by atoms with E-state index < -0.39 is 26.4 Å². The maximum absolute atomic E-state index is 13.7. The average Bonchev–Trinajstić information content (AvgIpc) is 2.68. The van der Waals surface area contributed by atoms with E-state index in [0.717, 1.165) is 44.0 Å². The zero-order valence-electron chi connectivity index (χ0n) is 17.2. The Labute approximate surface area is 175 Å². The van der Waals surface area contributed by atoms with E-state index >= 15 is 0 Å². The van der Waals surface area contributed by atoms with Gasteiger partial charge in [-0.1, -0.05) is 0 Å². The summed E-state index contributed by atoms with van der Waals surface area (Å²) in [5.74, 6) is -2.29. The van der Waals surface area contributed by atoms with Crippen molar-refractivity contribution in [1.82, 2.24) is 4.90 Å². The molecule has 0 spiro atoms. The lowest BCUT2D eigenvalue weighted by Gasteiger charge is -2.35. The van der Waals surface area contributed by atoms with Crippen LogP contribution < -0.4 is 9.80 Å². The highest BCUT2D eigenvalue weighted by Crippen LogP contribution is 2.35. The van der Waals surface area contributed by atoms with Gasteiger partial charge in [0.15, 0.2) is 0 Å². The SMILES string of the molecule is CCN(C(C)=O)c1cc(N2CCN(C)CC2)ccc1S(=O)(=O)c1cc(F)cc(F)c1. The molecule has 30 heavy (non-hydrogen) atoms. The highest BCUT2D eigenvalue weighted by Gasteiger charge is 2.27. The van der Waals surface area contributed by atoms with E-state index in [2.05, 4.69) is 9.80 Å². The number of benzene rings is 2. The van der Waals surface area contributed by atoms with E-state index in [1.165, 1.54) is 17.9 Å². The summed E-state index contributed by atoms with van der Waals surface area (Å²) in [7, 11) is -2.23. The number of carbonyl (C=O) groups excluding carboxylic acids is 1. The van der Waals surface area contributed by atoms with Gasteiger partial charge in [0.2, 0.25) is 15.7 Å². The Morgan fingerprint density at radius 3 is 2.17 bits per heavy atom. The van der Waals surface area contributed by atoms with Crippen LogP contribution in [0.1, 0.15) is 13.8 Å². The number of likely N-dealkylation sites (N-methyl/N-ethyl adjacent to an activating group) is 1. The minimum atomic E-state index is -4.26. The standard InChI is InChI=1S/C21H25F2N3O3S/c1-4-26(15(2)27)20-14-18(25-9-7-24(3)8-10-25)5-6-21(20)30(28,29)19-12-16(22)11-17(23)13-19/h5-6,11-14H,4,7-10H2,1-3H3. The fourth-order valence-corrected chi connectivity index (χ4v) is 5.06. The molecule has 0 aromatic heterocycles. The smallest absolute Gasteiger partial charge is 0.223 e. The van der Waals surface area contributed by atoms with Crippen LogP contribution >= 0.6 is 0 Å². The van der Waals surface area contributed by atoms with Gasteiger partial charge in [-0.25, -0.2) is 17.2 Å². The zero-order valence-corrected chi connectivity index (χ0v) is 18.0. The van der Waals surface area contributed by atoms with Crippen molar-refractivity contribution in [1.29, 1.82) is 0 Å². The normalized spacial score (nSPS) is 15.3. The maximum atomic E-state index is 13.7. The molecule has 0 radical (unpaired) electrons. The van der Waals surface area contributed by atoms with Crippen LogP contribution in [0.5, 0.6) is 0 Å². The Morgan fingerprint density at radius 2 is 1.63 bits per heavy atom. The number of amides is 1. The summed E-state index contributed by atoms with van der Waals surface area (Å²) < 4.78 is 53.9. The quantitative estimate of drug-likeness (QED) is 0.720. The molecule has 1 fully saturated rings. The number of carbonyl (C=O) groups is 1. The summed E-state index contributed by atoms with van der Waals surface area (Å²) in [5.41, 5.74) is 0.994. The van der Waals surface area contributed by atoms with Gasteiger partial charge in [-0.05, 0) is 44.3 Å². The summed E-state index contributed by atoms with van der Waals surface area (Å²) in [5, 5.41) is 0. The molecule has 2 aromatic rings. The minimum Gasteiger partial charge on any atom is -0.369 e. The molecule has 6 nitrogen and oxygen atoms in total. The fraction of sp³-hybridized carbons (Fsp3) is 0.381. The summed E-state index contributed by atoms with van der Waals surface area (Å²) in [6.07, 6.45) is 0. The summed E-state index contributed by atoms with van der Waals surface area (Å²) in [6.45, 7) is 6.60. The van der Waals surface area contributed by atoms with Gasteiger partial charge in [-0.15, -0.1) is 0 Å². The van der Waals surface area contributed by atoms with Crippen LogP contribution in [0.3, 0.4) is 0 Å². The molecule has 162 valence electrons.